The van der Waals surface area contributed by atoms with Crippen LogP contribution >= 0.6 is 11.6 Å². The van der Waals surface area contributed by atoms with Crippen LogP contribution < -0.4 is 15.2 Å². The summed E-state index contributed by atoms with van der Waals surface area (Å²) >= 11 is 6.07. The first-order valence-electron chi connectivity index (χ1n) is 13.2. The summed E-state index contributed by atoms with van der Waals surface area (Å²) < 4.78 is 7.75. The van der Waals surface area contributed by atoms with Crippen molar-refractivity contribution in [2.45, 2.75) is 25.8 Å². The lowest BCUT2D eigenvalue weighted by Crippen LogP contribution is -2.38. The molecule has 2 aromatic heterocycles. The number of hydrogen-bond donors (Lipinski definition) is 1. The summed E-state index contributed by atoms with van der Waals surface area (Å²) in [6.45, 7) is 5.54. The van der Waals surface area contributed by atoms with Crippen molar-refractivity contribution in [3.8, 4) is 0 Å². The molecule has 4 heterocycles. The van der Waals surface area contributed by atoms with E-state index in [4.69, 9.17) is 31.3 Å². The molecule has 2 aliphatic heterocycles. The summed E-state index contributed by atoms with van der Waals surface area (Å²) in [6.07, 6.45) is 7.51. The number of para-hydroxylation sites is 1. The number of rotatable bonds is 7. The van der Waals surface area contributed by atoms with Crippen LogP contribution in [0.1, 0.15) is 30.4 Å². The number of piperidine rings is 1. The van der Waals surface area contributed by atoms with E-state index in [1.54, 1.807) is 0 Å². The lowest BCUT2D eigenvalue weighted by atomic mass is 10.1. The molecule has 0 amide bonds. The van der Waals surface area contributed by atoms with Gasteiger partial charge in [-0.3, -0.25) is 0 Å². The average molecular weight is 531 g/mol. The Bertz CT molecular complexity index is 1370. The number of nitrogens with one attached hydrogen (secondary N) is 1. The molecule has 0 unspecified atom stereocenters. The summed E-state index contributed by atoms with van der Waals surface area (Å²) in [4.78, 5) is 18.6. The van der Waals surface area contributed by atoms with Gasteiger partial charge in [0.05, 0.1) is 19.4 Å². The predicted octanol–water partition coefficient (Wildman–Crippen LogP) is 4.80. The first kappa shape index (κ1) is 24.6. The number of benzene rings is 2. The van der Waals surface area contributed by atoms with Gasteiger partial charge in [-0.15, -0.1) is 0 Å². The molecule has 38 heavy (non-hydrogen) atoms. The van der Waals surface area contributed by atoms with Crippen molar-refractivity contribution in [3.05, 3.63) is 70.9 Å². The molecule has 10 heteroatoms. The molecular formula is C28H31ClN8O. The van der Waals surface area contributed by atoms with E-state index in [9.17, 15) is 0 Å². The molecule has 6 rings (SSSR count). The van der Waals surface area contributed by atoms with Crippen LogP contribution in [-0.4, -0.2) is 65.1 Å². The van der Waals surface area contributed by atoms with E-state index in [2.05, 4.69) is 61.4 Å². The lowest BCUT2D eigenvalue weighted by Gasteiger charge is -2.30. The molecule has 2 fully saturated rings. The fourth-order valence-corrected chi connectivity index (χ4v) is 5.12. The number of ether oxygens (including phenoxy) is 1. The van der Waals surface area contributed by atoms with Gasteiger partial charge in [0.2, 0.25) is 17.8 Å². The topological polar surface area (TPSA) is 83.7 Å². The molecule has 9 nitrogen and oxygen atoms in total. The third-order valence-corrected chi connectivity index (χ3v) is 7.25. The Balaban J connectivity index is 1.25. The van der Waals surface area contributed by atoms with Gasteiger partial charge in [-0.2, -0.15) is 20.1 Å². The summed E-state index contributed by atoms with van der Waals surface area (Å²) in [7, 11) is 0. The lowest BCUT2D eigenvalue weighted by molar-refractivity contribution is 0.122. The van der Waals surface area contributed by atoms with Crippen molar-refractivity contribution in [1.82, 2.24) is 19.5 Å². The molecule has 2 aliphatic rings. The Hall–Kier alpha value is -3.69. The molecule has 0 radical (unpaired) electrons. The number of fused-ring (bicyclic) bond motifs is 1. The zero-order chi connectivity index (χ0) is 25.7. The van der Waals surface area contributed by atoms with Crippen molar-refractivity contribution in [1.29, 1.82) is 0 Å². The number of hydrogen-bond acceptors (Lipinski definition) is 8. The van der Waals surface area contributed by atoms with Gasteiger partial charge in [-0.1, -0.05) is 41.9 Å². The molecule has 0 bridgehead atoms. The molecular weight excluding hydrogens is 500 g/mol. The van der Waals surface area contributed by atoms with Crippen LogP contribution in [0.3, 0.4) is 0 Å². The predicted molar refractivity (Wildman–Crippen MR) is 153 cm³/mol. The third kappa shape index (κ3) is 5.58. The van der Waals surface area contributed by atoms with Crippen molar-refractivity contribution in [2.75, 3.05) is 54.6 Å². The standard InChI is InChI=1S/C28H31ClN8O/c29-23-10-8-21(9-11-23)19-37-20-22(24-6-2-3-7-25(24)37)18-30-34-26-31-27(35-12-4-1-5-13-35)33-28(32-26)36-14-16-38-17-15-36/h2-3,6-11,18,20H,1,4-5,12-17,19H2,(H,31,32,33,34). The van der Waals surface area contributed by atoms with Gasteiger partial charge in [0.15, 0.2) is 0 Å². The first-order valence-corrected chi connectivity index (χ1v) is 13.6. The minimum absolute atomic E-state index is 0.447. The van der Waals surface area contributed by atoms with Gasteiger partial charge in [-0.25, -0.2) is 5.43 Å². The molecule has 0 spiro atoms. The van der Waals surface area contributed by atoms with Crippen LogP contribution in [-0.2, 0) is 11.3 Å². The van der Waals surface area contributed by atoms with E-state index >= 15 is 0 Å². The van der Waals surface area contributed by atoms with E-state index in [1.807, 2.05) is 24.4 Å². The minimum atomic E-state index is 0.447. The van der Waals surface area contributed by atoms with E-state index in [-0.39, 0.29) is 0 Å². The van der Waals surface area contributed by atoms with Crippen molar-refractivity contribution >= 4 is 46.6 Å². The van der Waals surface area contributed by atoms with Crippen LogP contribution in [0.15, 0.2) is 59.8 Å². The van der Waals surface area contributed by atoms with Crippen LogP contribution in [0.4, 0.5) is 17.8 Å². The van der Waals surface area contributed by atoms with Gasteiger partial charge in [0.25, 0.3) is 0 Å². The van der Waals surface area contributed by atoms with Gasteiger partial charge >= 0.3 is 0 Å². The summed E-state index contributed by atoms with van der Waals surface area (Å²) in [6, 6.07) is 16.3. The monoisotopic (exact) mass is 530 g/mol. The number of anilines is 3. The maximum absolute atomic E-state index is 6.07. The molecule has 0 aliphatic carbocycles. The van der Waals surface area contributed by atoms with Crippen molar-refractivity contribution in [2.24, 2.45) is 5.10 Å². The Morgan fingerprint density at radius 3 is 2.34 bits per heavy atom. The fraction of sp³-hybridized carbons (Fsp3) is 0.357. The highest BCUT2D eigenvalue weighted by atomic mass is 35.5. The van der Waals surface area contributed by atoms with Crippen molar-refractivity contribution < 1.29 is 4.74 Å². The molecule has 0 saturated carbocycles. The Labute approximate surface area is 227 Å². The fourth-order valence-electron chi connectivity index (χ4n) is 5.00. The normalized spacial score (nSPS) is 16.4. The van der Waals surface area contributed by atoms with Crippen LogP contribution in [0.5, 0.6) is 0 Å². The van der Waals surface area contributed by atoms with E-state index < -0.39 is 0 Å². The highest BCUT2D eigenvalue weighted by Gasteiger charge is 2.20. The number of nitrogens with zero attached hydrogens (tertiary/aromatic N) is 7. The minimum Gasteiger partial charge on any atom is -0.378 e. The third-order valence-electron chi connectivity index (χ3n) is 7.00. The molecule has 0 atom stereocenters. The molecule has 2 saturated heterocycles. The quantitative estimate of drug-likeness (QED) is 0.271. The summed E-state index contributed by atoms with van der Waals surface area (Å²) in [5, 5.41) is 6.42. The van der Waals surface area contributed by atoms with E-state index in [0.717, 1.165) is 67.1 Å². The first-order chi connectivity index (χ1) is 18.7. The molecule has 1 N–H and O–H groups in total. The second-order valence-corrected chi connectivity index (χ2v) is 10.1. The van der Waals surface area contributed by atoms with Crippen LogP contribution in [0.2, 0.25) is 5.02 Å². The highest BCUT2D eigenvalue weighted by Crippen LogP contribution is 2.23. The maximum Gasteiger partial charge on any atom is 0.250 e. The van der Waals surface area contributed by atoms with Gasteiger partial charge in [0, 0.05) is 60.4 Å². The van der Waals surface area contributed by atoms with Crippen LogP contribution in [0.25, 0.3) is 10.9 Å². The largest absolute Gasteiger partial charge is 0.378 e. The van der Waals surface area contributed by atoms with Crippen molar-refractivity contribution in [3.63, 3.8) is 0 Å². The van der Waals surface area contributed by atoms with Gasteiger partial charge < -0.3 is 19.1 Å². The van der Waals surface area contributed by atoms with E-state index in [0.29, 0.717) is 31.1 Å². The van der Waals surface area contributed by atoms with Gasteiger partial charge in [0.1, 0.15) is 0 Å². The summed E-state index contributed by atoms with van der Waals surface area (Å²) in [5.74, 6) is 1.82. The Kier molecular flexibility index (Phi) is 7.37. The maximum atomic E-state index is 6.07. The second kappa shape index (κ2) is 11.4. The highest BCUT2D eigenvalue weighted by molar-refractivity contribution is 6.30. The smallest absolute Gasteiger partial charge is 0.250 e. The molecule has 2 aromatic carbocycles. The number of morpholine rings is 1. The Morgan fingerprint density at radius 2 is 1.58 bits per heavy atom. The molecule has 4 aromatic rings. The van der Waals surface area contributed by atoms with E-state index in [1.165, 1.54) is 12.0 Å². The SMILES string of the molecule is Clc1ccc(Cn2cc(C=NNc3nc(N4CCCCC4)nc(N4CCOCC4)n3)c3ccccc32)cc1. The zero-order valence-corrected chi connectivity index (χ0v) is 22.0. The zero-order valence-electron chi connectivity index (χ0n) is 21.3. The average Bonchev–Trinajstić information content (AvgIpc) is 3.32. The number of aromatic nitrogens is 4. The van der Waals surface area contributed by atoms with Gasteiger partial charge in [-0.05, 0) is 43.0 Å². The second-order valence-electron chi connectivity index (χ2n) is 9.63. The van der Waals surface area contributed by atoms with Crippen LogP contribution in [0, 0.1) is 0 Å². The molecule has 196 valence electrons. The summed E-state index contributed by atoms with van der Waals surface area (Å²) in [5.41, 5.74) is 6.42. The number of halogens is 1. The Morgan fingerprint density at radius 1 is 0.868 bits per heavy atom. The number of hydrazone groups is 1.